The van der Waals surface area contributed by atoms with E-state index in [2.05, 4.69) is 35.5 Å². The maximum absolute atomic E-state index is 6.29. The molecule has 1 aliphatic heterocycles. The van der Waals surface area contributed by atoms with Gasteiger partial charge in [0.1, 0.15) is 0 Å². The number of piperidine rings is 1. The molecule has 0 radical (unpaired) electrons. The van der Waals surface area contributed by atoms with Crippen LogP contribution in [0.3, 0.4) is 0 Å². The van der Waals surface area contributed by atoms with Crippen molar-refractivity contribution in [3.8, 4) is 0 Å². The van der Waals surface area contributed by atoms with E-state index in [0.717, 1.165) is 10.9 Å². The zero-order valence-corrected chi connectivity index (χ0v) is 17.6. The van der Waals surface area contributed by atoms with Crippen molar-refractivity contribution in [1.82, 2.24) is 10.2 Å². The van der Waals surface area contributed by atoms with Gasteiger partial charge in [0.2, 0.25) is 0 Å². The quantitative estimate of drug-likeness (QED) is 0.690. The molecule has 1 saturated heterocycles. The Hall–Kier alpha value is 0.01000. The molecule has 1 saturated carbocycles. The fourth-order valence-electron chi connectivity index (χ4n) is 4.48. The van der Waals surface area contributed by atoms with Crippen LogP contribution in [-0.4, -0.2) is 37.6 Å². The number of benzene rings is 1. The van der Waals surface area contributed by atoms with Gasteiger partial charge in [-0.2, -0.15) is 0 Å². The number of hydrogen-bond donors (Lipinski definition) is 1. The summed E-state index contributed by atoms with van der Waals surface area (Å²) in [4.78, 5) is 2.69. The lowest BCUT2D eigenvalue weighted by Gasteiger charge is -2.38. The van der Waals surface area contributed by atoms with Gasteiger partial charge in [0.05, 0.1) is 0 Å². The number of likely N-dealkylation sites (tertiary alicyclic amines) is 1. The molecule has 0 amide bonds. The van der Waals surface area contributed by atoms with E-state index in [1.807, 2.05) is 6.07 Å². The molecule has 2 nitrogen and oxygen atoms in total. The van der Waals surface area contributed by atoms with E-state index in [-0.39, 0.29) is 24.8 Å². The van der Waals surface area contributed by atoms with Crippen LogP contribution in [0.2, 0.25) is 5.02 Å². The molecule has 1 heterocycles. The Kier molecular flexibility index (Phi) is 10.8. The minimum Gasteiger partial charge on any atom is -0.317 e. The summed E-state index contributed by atoms with van der Waals surface area (Å²) in [6.45, 7) is 3.67. The number of nitrogens with one attached hydrogen (secondary N) is 1. The molecule has 1 aromatic rings. The Morgan fingerprint density at radius 2 is 1.76 bits per heavy atom. The van der Waals surface area contributed by atoms with Crippen molar-refractivity contribution in [1.29, 1.82) is 0 Å². The van der Waals surface area contributed by atoms with Gasteiger partial charge >= 0.3 is 0 Å². The van der Waals surface area contributed by atoms with Gasteiger partial charge < -0.3 is 10.2 Å². The zero-order chi connectivity index (χ0) is 16.1. The van der Waals surface area contributed by atoms with Crippen molar-refractivity contribution in [3.05, 3.63) is 34.9 Å². The Labute approximate surface area is 170 Å². The summed E-state index contributed by atoms with van der Waals surface area (Å²) in [5.41, 5.74) is 1.46. The number of hydrogen-bond acceptors (Lipinski definition) is 2. The van der Waals surface area contributed by atoms with Crippen LogP contribution in [0.5, 0.6) is 0 Å². The molecule has 1 aliphatic carbocycles. The lowest BCUT2D eigenvalue weighted by Crippen LogP contribution is -2.43. The summed E-state index contributed by atoms with van der Waals surface area (Å²) in [6, 6.07) is 9.35. The van der Waals surface area contributed by atoms with Crippen molar-refractivity contribution in [3.63, 3.8) is 0 Å². The molecule has 0 unspecified atom stereocenters. The molecule has 5 heteroatoms. The van der Waals surface area contributed by atoms with Gasteiger partial charge in [0.25, 0.3) is 0 Å². The normalized spacial score (nSPS) is 21.2. The average molecular weight is 408 g/mol. The Morgan fingerprint density at radius 1 is 1.08 bits per heavy atom. The lowest BCUT2D eigenvalue weighted by molar-refractivity contribution is 0.164. The van der Waals surface area contributed by atoms with Crippen LogP contribution in [0.4, 0.5) is 0 Å². The summed E-state index contributed by atoms with van der Waals surface area (Å²) in [5.74, 6) is 1.49. The van der Waals surface area contributed by atoms with Gasteiger partial charge in [-0.25, -0.2) is 0 Å². The smallest absolute Gasteiger partial charge is 0.0408 e. The van der Waals surface area contributed by atoms with Gasteiger partial charge in [0.15, 0.2) is 0 Å². The van der Waals surface area contributed by atoms with Crippen LogP contribution in [0.15, 0.2) is 24.3 Å². The minimum atomic E-state index is 0. The van der Waals surface area contributed by atoms with Gasteiger partial charge in [-0.05, 0) is 75.4 Å². The highest BCUT2D eigenvalue weighted by Gasteiger charge is 2.28. The second-order valence-corrected chi connectivity index (χ2v) is 7.86. The predicted molar refractivity (Wildman–Crippen MR) is 114 cm³/mol. The maximum Gasteiger partial charge on any atom is 0.0408 e. The molecule has 1 atom stereocenters. The third-order valence-corrected chi connectivity index (χ3v) is 6.18. The summed E-state index contributed by atoms with van der Waals surface area (Å²) in [6.07, 6.45) is 9.58. The first-order valence-corrected chi connectivity index (χ1v) is 9.79. The monoisotopic (exact) mass is 406 g/mol. The van der Waals surface area contributed by atoms with E-state index >= 15 is 0 Å². The fourth-order valence-corrected chi connectivity index (χ4v) is 4.68. The molecule has 0 bridgehead atoms. The van der Waals surface area contributed by atoms with Crippen LogP contribution in [0.25, 0.3) is 0 Å². The van der Waals surface area contributed by atoms with E-state index in [0.29, 0.717) is 12.0 Å². The van der Waals surface area contributed by atoms with Crippen LogP contribution < -0.4 is 5.32 Å². The molecule has 2 aliphatic rings. The molecule has 0 spiro atoms. The summed E-state index contributed by atoms with van der Waals surface area (Å²) in [7, 11) is 2.09. The summed E-state index contributed by atoms with van der Waals surface area (Å²) < 4.78 is 0. The Bertz CT molecular complexity index is 484. The molecule has 144 valence electrons. The minimum absolute atomic E-state index is 0. The van der Waals surface area contributed by atoms with Crippen LogP contribution >= 0.6 is 36.4 Å². The van der Waals surface area contributed by atoms with Gasteiger partial charge in [0, 0.05) is 17.6 Å². The van der Waals surface area contributed by atoms with E-state index in [1.165, 1.54) is 70.1 Å². The van der Waals surface area contributed by atoms with Crippen molar-refractivity contribution in [2.75, 3.05) is 26.7 Å². The van der Waals surface area contributed by atoms with Crippen molar-refractivity contribution in [2.24, 2.45) is 5.92 Å². The molecule has 0 aromatic heterocycles. The van der Waals surface area contributed by atoms with Crippen molar-refractivity contribution in [2.45, 2.75) is 56.9 Å². The SMILES string of the molecule is CNC1CCN(C[C@@H](c2cccc(Cl)c2)C2CCCCC2)CC1.Cl.Cl. The second-order valence-electron chi connectivity index (χ2n) is 7.42. The number of nitrogens with zero attached hydrogens (tertiary/aromatic N) is 1. The topological polar surface area (TPSA) is 15.3 Å². The highest BCUT2D eigenvalue weighted by atomic mass is 35.5. The first kappa shape index (κ1) is 23.0. The molecule has 1 aromatic carbocycles. The third kappa shape index (κ3) is 6.59. The van der Waals surface area contributed by atoms with Gasteiger partial charge in [-0.1, -0.05) is 43.0 Å². The van der Waals surface area contributed by atoms with Crippen molar-refractivity contribution < 1.29 is 0 Å². The standard InChI is InChI=1S/C20H31ClN2.2ClH/c1-22-19-10-12-23(13-11-19)15-20(16-6-3-2-4-7-16)17-8-5-9-18(21)14-17;;/h5,8-9,14,16,19-20,22H,2-4,6-7,10-13,15H2,1H3;2*1H/t20-;;/m1../s1. The molecule has 3 rings (SSSR count). The third-order valence-electron chi connectivity index (χ3n) is 5.95. The zero-order valence-electron chi connectivity index (χ0n) is 15.3. The molecular weight excluding hydrogens is 375 g/mol. The average Bonchev–Trinajstić information content (AvgIpc) is 2.61. The van der Waals surface area contributed by atoms with Crippen LogP contribution in [0.1, 0.15) is 56.4 Å². The van der Waals surface area contributed by atoms with Crippen molar-refractivity contribution >= 4 is 36.4 Å². The van der Waals surface area contributed by atoms with Gasteiger partial charge in [-0.15, -0.1) is 24.8 Å². The van der Waals surface area contributed by atoms with E-state index in [9.17, 15) is 0 Å². The first-order chi connectivity index (χ1) is 11.3. The summed E-state index contributed by atoms with van der Waals surface area (Å²) in [5, 5.41) is 4.32. The molecule has 1 N–H and O–H groups in total. The van der Waals surface area contributed by atoms with Crippen LogP contribution in [-0.2, 0) is 0 Å². The highest BCUT2D eigenvalue weighted by molar-refractivity contribution is 6.30. The second kappa shape index (κ2) is 11.7. The van der Waals surface area contributed by atoms with Gasteiger partial charge in [-0.3, -0.25) is 0 Å². The Morgan fingerprint density at radius 3 is 2.36 bits per heavy atom. The molecular formula is C20H33Cl3N2. The highest BCUT2D eigenvalue weighted by Crippen LogP contribution is 2.37. The first-order valence-electron chi connectivity index (χ1n) is 9.41. The predicted octanol–water partition coefficient (Wildman–Crippen LogP) is 5.53. The lowest BCUT2D eigenvalue weighted by atomic mass is 9.76. The van der Waals surface area contributed by atoms with E-state index in [4.69, 9.17) is 11.6 Å². The largest absolute Gasteiger partial charge is 0.317 e. The molecule has 2 fully saturated rings. The summed E-state index contributed by atoms with van der Waals surface area (Å²) >= 11 is 6.29. The Balaban J connectivity index is 0.00000156. The van der Waals surface area contributed by atoms with E-state index < -0.39 is 0 Å². The fraction of sp³-hybridized carbons (Fsp3) is 0.700. The maximum atomic E-state index is 6.29. The number of halogens is 3. The number of rotatable bonds is 5. The van der Waals surface area contributed by atoms with E-state index in [1.54, 1.807) is 0 Å². The van der Waals surface area contributed by atoms with Crippen LogP contribution in [0, 0.1) is 5.92 Å². The molecule has 25 heavy (non-hydrogen) atoms.